The van der Waals surface area contributed by atoms with Crippen molar-refractivity contribution in [3.05, 3.63) is 52.5 Å². The molecule has 0 saturated heterocycles. The van der Waals surface area contributed by atoms with E-state index in [9.17, 15) is 0 Å². The van der Waals surface area contributed by atoms with E-state index < -0.39 is 0 Å². The Bertz CT molecular complexity index is 687. The van der Waals surface area contributed by atoms with Crippen molar-refractivity contribution in [2.75, 3.05) is 18.5 Å². The maximum atomic E-state index is 5.90. The lowest BCUT2D eigenvalue weighted by Crippen LogP contribution is -2.22. The Balaban J connectivity index is 1.85. The van der Waals surface area contributed by atoms with Crippen LogP contribution >= 0.6 is 11.3 Å². The van der Waals surface area contributed by atoms with Crippen LogP contribution in [0.15, 0.2) is 41.9 Å². The maximum Gasteiger partial charge on any atom is 0.152 e. The van der Waals surface area contributed by atoms with Gasteiger partial charge in [0.1, 0.15) is 5.65 Å². The second kappa shape index (κ2) is 5.64. The summed E-state index contributed by atoms with van der Waals surface area (Å²) in [7, 11) is 2.08. The van der Waals surface area contributed by atoms with Crippen molar-refractivity contribution in [3.8, 4) is 0 Å². The summed E-state index contributed by atoms with van der Waals surface area (Å²) in [6.45, 7) is 1.43. The fraction of sp³-hybridized carbons (Fsp3) is 0.267. The molecule has 0 atom stereocenters. The Morgan fingerprint density at radius 2 is 2.20 bits per heavy atom. The third-order valence-corrected chi connectivity index (χ3v) is 4.37. The number of rotatable bonds is 5. The summed E-state index contributed by atoms with van der Waals surface area (Å²) in [5.74, 6) is 0.982. The largest absolute Gasteiger partial charge is 0.358 e. The molecule has 3 rings (SSSR count). The zero-order chi connectivity index (χ0) is 13.9. The smallest absolute Gasteiger partial charge is 0.152 e. The number of nitrogens with two attached hydrogens (primary N) is 1. The lowest BCUT2D eigenvalue weighted by molar-refractivity contribution is 0.853. The third-order valence-electron chi connectivity index (χ3n) is 3.44. The molecule has 0 spiro atoms. The molecule has 0 aliphatic rings. The minimum atomic E-state index is 0.490. The van der Waals surface area contributed by atoms with Crippen molar-refractivity contribution < 1.29 is 0 Å². The molecule has 0 fully saturated rings. The van der Waals surface area contributed by atoms with Crippen molar-refractivity contribution in [1.82, 2.24) is 9.38 Å². The molecule has 3 heterocycles. The first-order chi connectivity index (χ1) is 9.79. The molecule has 3 aromatic heterocycles. The summed E-state index contributed by atoms with van der Waals surface area (Å²) >= 11 is 1.80. The van der Waals surface area contributed by atoms with Crippen LogP contribution in [0.2, 0.25) is 0 Å². The molecule has 2 N–H and O–H groups in total. The van der Waals surface area contributed by atoms with Gasteiger partial charge in [-0.1, -0.05) is 12.1 Å². The fourth-order valence-electron chi connectivity index (χ4n) is 2.37. The first-order valence-electron chi connectivity index (χ1n) is 6.69. The van der Waals surface area contributed by atoms with Crippen LogP contribution in [0.1, 0.15) is 10.6 Å². The molecule has 0 amide bonds. The van der Waals surface area contributed by atoms with Crippen molar-refractivity contribution >= 4 is 22.8 Å². The van der Waals surface area contributed by atoms with Crippen LogP contribution in [0.25, 0.3) is 5.65 Å². The van der Waals surface area contributed by atoms with Gasteiger partial charge in [-0.2, -0.15) is 0 Å². The summed E-state index contributed by atoms with van der Waals surface area (Å²) in [6, 6.07) is 10.3. The number of hydrogen-bond donors (Lipinski definition) is 1. The van der Waals surface area contributed by atoms with Crippen molar-refractivity contribution in [3.63, 3.8) is 0 Å². The SMILES string of the molecule is CN(CCc1cccs1)c1nc2ccccn2c1CN. The quantitative estimate of drug-likeness (QED) is 0.784. The number of anilines is 1. The van der Waals surface area contributed by atoms with E-state index in [2.05, 4.69) is 33.9 Å². The van der Waals surface area contributed by atoms with Gasteiger partial charge >= 0.3 is 0 Å². The summed E-state index contributed by atoms with van der Waals surface area (Å²) in [4.78, 5) is 8.28. The van der Waals surface area contributed by atoms with E-state index in [1.807, 2.05) is 24.4 Å². The van der Waals surface area contributed by atoms with Gasteiger partial charge in [-0.05, 0) is 30.0 Å². The summed E-state index contributed by atoms with van der Waals surface area (Å²) in [6.07, 6.45) is 3.05. The number of fused-ring (bicyclic) bond motifs is 1. The van der Waals surface area contributed by atoms with E-state index >= 15 is 0 Å². The molecule has 0 aromatic carbocycles. The van der Waals surface area contributed by atoms with E-state index in [4.69, 9.17) is 10.7 Å². The highest BCUT2D eigenvalue weighted by molar-refractivity contribution is 7.09. The van der Waals surface area contributed by atoms with Gasteiger partial charge in [0.05, 0.1) is 5.69 Å². The van der Waals surface area contributed by atoms with Crippen molar-refractivity contribution in [2.24, 2.45) is 5.73 Å². The first kappa shape index (κ1) is 13.1. The predicted octanol–water partition coefficient (Wildman–Crippen LogP) is 2.53. The molecular formula is C15H18N4S. The molecule has 20 heavy (non-hydrogen) atoms. The Morgan fingerprint density at radius 1 is 1.30 bits per heavy atom. The van der Waals surface area contributed by atoms with Crippen LogP contribution in [-0.2, 0) is 13.0 Å². The van der Waals surface area contributed by atoms with E-state index in [1.54, 1.807) is 11.3 Å². The molecule has 4 nitrogen and oxygen atoms in total. The molecule has 0 unspecified atom stereocenters. The lowest BCUT2D eigenvalue weighted by atomic mass is 10.3. The zero-order valence-electron chi connectivity index (χ0n) is 11.5. The number of thiophene rings is 1. The van der Waals surface area contributed by atoms with E-state index in [-0.39, 0.29) is 0 Å². The van der Waals surface area contributed by atoms with E-state index in [0.29, 0.717) is 6.54 Å². The minimum Gasteiger partial charge on any atom is -0.358 e. The summed E-state index contributed by atoms with van der Waals surface area (Å²) < 4.78 is 2.07. The Morgan fingerprint density at radius 3 is 2.95 bits per heavy atom. The molecule has 104 valence electrons. The molecule has 0 radical (unpaired) electrons. The average molecular weight is 286 g/mol. The van der Waals surface area contributed by atoms with Gasteiger partial charge in [-0.3, -0.25) is 0 Å². The topological polar surface area (TPSA) is 46.6 Å². The number of nitrogens with zero attached hydrogens (tertiary/aromatic N) is 3. The number of hydrogen-bond acceptors (Lipinski definition) is 4. The van der Waals surface area contributed by atoms with Gasteiger partial charge < -0.3 is 15.0 Å². The fourth-order valence-corrected chi connectivity index (χ4v) is 3.07. The molecule has 5 heteroatoms. The Hall–Kier alpha value is -1.85. The number of pyridine rings is 1. The van der Waals surface area contributed by atoms with Gasteiger partial charge in [-0.15, -0.1) is 11.3 Å². The highest BCUT2D eigenvalue weighted by Gasteiger charge is 2.14. The van der Waals surface area contributed by atoms with Crippen LogP contribution in [0, 0.1) is 0 Å². The number of likely N-dealkylation sites (N-methyl/N-ethyl adjacent to an activating group) is 1. The molecule has 0 saturated carbocycles. The van der Waals surface area contributed by atoms with Crippen LogP contribution in [-0.4, -0.2) is 23.0 Å². The van der Waals surface area contributed by atoms with Gasteiger partial charge in [0.25, 0.3) is 0 Å². The lowest BCUT2D eigenvalue weighted by Gasteiger charge is -2.17. The molecule has 0 aliphatic carbocycles. The molecule has 0 aliphatic heterocycles. The number of aromatic nitrogens is 2. The highest BCUT2D eigenvalue weighted by atomic mass is 32.1. The van der Waals surface area contributed by atoms with Crippen LogP contribution < -0.4 is 10.6 Å². The Labute approximate surface area is 122 Å². The minimum absolute atomic E-state index is 0.490. The Kier molecular flexibility index (Phi) is 3.71. The molecule has 0 bridgehead atoms. The van der Waals surface area contributed by atoms with Gasteiger partial charge in [-0.25, -0.2) is 4.98 Å². The highest BCUT2D eigenvalue weighted by Crippen LogP contribution is 2.21. The standard InChI is InChI=1S/C15H18N4S/c1-18(9-7-12-5-4-10-20-12)15-13(11-16)19-8-3-2-6-14(19)17-15/h2-6,8,10H,7,9,11,16H2,1H3. The van der Waals surface area contributed by atoms with Crippen LogP contribution in [0.4, 0.5) is 5.82 Å². The normalized spacial score (nSPS) is 11.1. The monoisotopic (exact) mass is 286 g/mol. The van der Waals surface area contributed by atoms with Crippen molar-refractivity contribution in [1.29, 1.82) is 0 Å². The first-order valence-corrected chi connectivity index (χ1v) is 7.57. The van der Waals surface area contributed by atoms with Gasteiger partial charge in [0, 0.05) is 31.2 Å². The van der Waals surface area contributed by atoms with Crippen LogP contribution in [0.5, 0.6) is 0 Å². The molecule has 3 aromatic rings. The molecular weight excluding hydrogens is 268 g/mol. The van der Waals surface area contributed by atoms with E-state index in [1.165, 1.54) is 4.88 Å². The summed E-state index contributed by atoms with van der Waals surface area (Å²) in [5, 5.41) is 2.12. The maximum absolute atomic E-state index is 5.90. The summed E-state index contributed by atoms with van der Waals surface area (Å²) in [5.41, 5.74) is 7.92. The second-order valence-electron chi connectivity index (χ2n) is 4.77. The second-order valence-corrected chi connectivity index (χ2v) is 5.80. The van der Waals surface area contributed by atoms with Crippen LogP contribution in [0.3, 0.4) is 0 Å². The van der Waals surface area contributed by atoms with Gasteiger partial charge in [0.15, 0.2) is 5.82 Å². The number of imidazole rings is 1. The third kappa shape index (κ3) is 2.42. The predicted molar refractivity (Wildman–Crippen MR) is 84.4 cm³/mol. The zero-order valence-corrected chi connectivity index (χ0v) is 12.3. The average Bonchev–Trinajstić information content (AvgIpc) is 3.11. The van der Waals surface area contributed by atoms with E-state index in [0.717, 1.165) is 30.1 Å². The van der Waals surface area contributed by atoms with Crippen molar-refractivity contribution in [2.45, 2.75) is 13.0 Å². The van der Waals surface area contributed by atoms with Gasteiger partial charge in [0.2, 0.25) is 0 Å².